The average molecular weight is 352 g/mol. The second kappa shape index (κ2) is 7.31. The first-order valence-corrected chi connectivity index (χ1v) is 9.43. The average Bonchev–Trinajstić information content (AvgIpc) is 2.77. The van der Waals surface area contributed by atoms with Crippen molar-refractivity contribution in [3.63, 3.8) is 0 Å². The van der Waals surface area contributed by atoms with Crippen LogP contribution >= 0.6 is 0 Å². The third-order valence-electron chi connectivity index (χ3n) is 3.69. The molecule has 1 amide bonds. The Morgan fingerprint density at radius 1 is 1.29 bits per heavy atom. The van der Waals surface area contributed by atoms with Gasteiger partial charge in [0.1, 0.15) is 11.9 Å². The summed E-state index contributed by atoms with van der Waals surface area (Å²) in [5.74, 6) is 0.191. The van der Waals surface area contributed by atoms with Crippen molar-refractivity contribution in [2.75, 3.05) is 6.54 Å². The molecule has 1 aliphatic rings. The molecule has 0 saturated carbocycles. The predicted molar refractivity (Wildman–Crippen MR) is 93.2 cm³/mol. The largest absolute Gasteiger partial charge is 0.351 e. The van der Waals surface area contributed by atoms with Crippen LogP contribution in [0.4, 0.5) is 0 Å². The van der Waals surface area contributed by atoms with Gasteiger partial charge in [-0.2, -0.15) is 0 Å². The van der Waals surface area contributed by atoms with Gasteiger partial charge in [0, 0.05) is 18.2 Å². The lowest BCUT2D eigenvalue weighted by atomic mass is 10.0. The Bertz CT molecular complexity index is 743. The van der Waals surface area contributed by atoms with Crippen LogP contribution in [0.15, 0.2) is 34.2 Å². The number of amides is 1. The summed E-state index contributed by atoms with van der Waals surface area (Å²) in [7, 11) is -3.61. The Morgan fingerprint density at radius 3 is 2.58 bits per heavy atom. The lowest BCUT2D eigenvalue weighted by molar-refractivity contribution is -0.123. The van der Waals surface area contributed by atoms with Gasteiger partial charge >= 0.3 is 0 Å². The molecule has 1 unspecified atom stereocenters. The standard InChI is InChI=1S/C16H24N4O3S/c1-10(2)8-13(16(21)18-11(3)9-17)19-15-12-6-4-5-7-14(12)24(22,23)20-15/h4-7,10-11,13H,8-9,17H2,1-3H3,(H,18,21)(H,19,20)/t11-,13?/m0/s1. The number of carbonyl (C=O) groups excluding carboxylic acids is 1. The molecule has 0 saturated heterocycles. The molecule has 0 aromatic heterocycles. The van der Waals surface area contributed by atoms with E-state index in [4.69, 9.17) is 5.73 Å². The summed E-state index contributed by atoms with van der Waals surface area (Å²) >= 11 is 0. The van der Waals surface area contributed by atoms with E-state index in [9.17, 15) is 13.2 Å². The second-order valence-electron chi connectivity index (χ2n) is 6.37. The van der Waals surface area contributed by atoms with E-state index in [2.05, 4.69) is 15.0 Å². The van der Waals surface area contributed by atoms with Crippen LogP contribution in [0.3, 0.4) is 0 Å². The first-order valence-electron chi connectivity index (χ1n) is 7.95. The molecule has 0 radical (unpaired) electrons. The van der Waals surface area contributed by atoms with E-state index in [0.29, 0.717) is 18.5 Å². The maximum Gasteiger partial charge on any atom is 0.263 e. The zero-order chi connectivity index (χ0) is 17.9. The molecular formula is C16H24N4O3S. The van der Waals surface area contributed by atoms with E-state index in [1.54, 1.807) is 18.2 Å². The molecule has 7 nitrogen and oxygen atoms in total. The molecule has 0 spiro atoms. The van der Waals surface area contributed by atoms with Gasteiger partial charge in [-0.1, -0.05) is 26.0 Å². The highest BCUT2D eigenvalue weighted by Crippen LogP contribution is 2.23. The summed E-state index contributed by atoms with van der Waals surface area (Å²) in [5.41, 5.74) is 6.03. The third-order valence-corrected chi connectivity index (χ3v) is 5.08. The first-order chi connectivity index (χ1) is 11.2. The molecule has 1 aliphatic heterocycles. The number of hydrogen-bond acceptors (Lipinski definition) is 5. The van der Waals surface area contributed by atoms with Crippen molar-refractivity contribution in [2.24, 2.45) is 16.6 Å². The SMILES string of the molecule is CC(C)CC(N=C1NS(=O)(=O)c2ccccc21)C(=O)N[C@@H](C)CN. The second-order valence-corrected chi connectivity index (χ2v) is 8.02. The van der Waals surface area contributed by atoms with Crippen molar-refractivity contribution in [1.29, 1.82) is 0 Å². The number of hydrogen-bond donors (Lipinski definition) is 3. The number of benzene rings is 1. The molecule has 1 heterocycles. The fraction of sp³-hybridized carbons (Fsp3) is 0.500. The number of sulfonamides is 1. The van der Waals surface area contributed by atoms with Gasteiger partial charge in [0.15, 0.2) is 0 Å². The van der Waals surface area contributed by atoms with E-state index in [0.717, 1.165) is 0 Å². The molecule has 0 aliphatic carbocycles. The number of carbonyl (C=O) groups is 1. The Balaban J connectivity index is 2.35. The van der Waals surface area contributed by atoms with Crippen LogP contribution in [0, 0.1) is 5.92 Å². The van der Waals surface area contributed by atoms with Crippen LogP contribution in [0.25, 0.3) is 0 Å². The molecule has 132 valence electrons. The summed E-state index contributed by atoms with van der Waals surface area (Å²) in [6.07, 6.45) is 0.510. The minimum atomic E-state index is -3.61. The highest BCUT2D eigenvalue weighted by Gasteiger charge is 2.32. The van der Waals surface area contributed by atoms with Crippen LogP contribution < -0.4 is 15.8 Å². The van der Waals surface area contributed by atoms with Gasteiger partial charge in [0.2, 0.25) is 5.91 Å². The van der Waals surface area contributed by atoms with Crippen LogP contribution in [0.5, 0.6) is 0 Å². The van der Waals surface area contributed by atoms with Crippen molar-refractivity contribution >= 4 is 21.8 Å². The van der Waals surface area contributed by atoms with Gasteiger partial charge in [-0.15, -0.1) is 0 Å². The minimum Gasteiger partial charge on any atom is -0.351 e. The summed E-state index contributed by atoms with van der Waals surface area (Å²) in [4.78, 5) is 17.1. The number of fused-ring (bicyclic) bond motifs is 1. The summed E-state index contributed by atoms with van der Waals surface area (Å²) in [6, 6.07) is 5.75. The third kappa shape index (κ3) is 4.12. The number of nitrogens with two attached hydrogens (primary N) is 1. The fourth-order valence-electron chi connectivity index (χ4n) is 2.45. The van der Waals surface area contributed by atoms with Crippen molar-refractivity contribution in [3.05, 3.63) is 29.8 Å². The first kappa shape index (κ1) is 18.4. The van der Waals surface area contributed by atoms with Crippen molar-refractivity contribution in [1.82, 2.24) is 10.0 Å². The maximum atomic E-state index is 12.5. The van der Waals surface area contributed by atoms with Crippen LogP contribution in [0.1, 0.15) is 32.8 Å². The van der Waals surface area contributed by atoms with Gasteiger partial charge in [-0.05, 0) is 31.4 Å². The molecule has 0 bridgehead atoms. The lowest BCUT2D eigenvalue weighted by Gasteiger charge is -2.18. The maximum absolute atomic E-state index is 12.5. The van der Waals surface area contributed by atoms with Gasteiger partial charge in [-0.3, -0.25) is 14.5 Å². The Morgan fingerprint density at radius 2 is 1.96 bits per heavy atom. The molecule has 0 fully saturated rings. The van der Waals surface area contributed by atoms with Gasteiger partial charge in [0.25, 0.3) is 10.0 Å². The molecule has 2 rings (SSSR count). The zero-order valence-electron chi connectivity index (χ0n) is 14.1. The number of nitrogens with one attached hydrogen (secondary N) is 2. The fourth-order valence-corrected chi connectivity index (χ4v) is 3.69. The van der Waals surface area contributed by atoms with E-state index in [-0.39, 0.29) is 28.6 Å². The zero-order valence-corrected chi connectivity index (χ0v) is 14.9. The van der Waals surface area contributed by atoms with Gasteiger partial charge in [0.05, 0.1) is 4.90 Å². The van der Waals surface area contributed by atoms with E-state index in [1.807, 2.05) is 20.8 Å². The molecule has 1 aromatic carbocycles. The van der Waals surface area contributed by atoms with Gasteiger partial charge < -0.3 is 11.1 Å². The van der Waals surface area contributed by atoms with Crippen molar-refractivity contribution in [2.45, 2.75) is 44.2 Å². The molecular weight excluding hydrogens is 328 g/mol. The topological polar surface area (TPSA) is 114 Å². The minimum absolute atomic E-state index is 0.167. The molecule has 8 heteroatoms. The Kier molecular flexibility index (Phi) is 5.61. The Hall–Kier alpha value is -1.93. The van der Waals surface area contributed by atoms with Crippen LogP contribution in [-0.2, 0) is 14.8 Å². The number of nitrogens with zero attached hydrogens (tertiary/aromatic N) is 1. The number of aliphatic imine (C=N–C) groups is 1. The predicted octanol–water partition coefficient (Wildman–Crippen LogP) is 0.603. The smallest absolute Gasteiger partial charge is 0.263 e. The number of rotatable bonds is 6. The van der Waals surface area contributed by atoms with Crippen molar-refractivity contribution < 1.29 is 13.2 Å². The monoisotopic (exact) mass is 352 g/mol. The molecule has 1 aromatic rings. The highest BCUT2D eigenvalue weighted by molar-refractivity contribution is 7.90. The molecule has 24 heavy (non-hydrogen) atoms. The van der Waals surface area contributed by atoms with Crippen molar-refractivity contribution in [3.8, 4) is 0 Å². The lowest BCUT2D eigenvalue weighted by Crippen LogP contribution is -2.43. The van der Waals surface area contributed by atoms with E-state index >= 15 is 0 Å². The van der Waals surface area contributed by atoms with Gasteiger partial charge in [-0.25, -0.2) is 8.42 Å². The summed E-state index contributed by atoms with van der Waals surface area (Å²) in [6.45, 7) is 6.11. The Labute approximate surface area is 142 Å². The quantitative estimate of drug-likeness (QED) is 0.696. The summed E-state index contributed by atoms with van der Waals surface area (Å²) in [5, 5.41) is 2.81. The number of amidine groups is 1. The van der Waals surface area contributed by atoms with Crippen LogP contribution in [0.2, 0.25) is 0 Å². The van der Waals surface area contributed by atoms with E-state index < -0.39 is 16.1 Å². The normalized spacial score (nSPS) is 19.6. The van der Waals surface area contributed by atoms with E-state index in [1.165, 1.54) is 6.07 Å². The summed E-state index contributed by atoms with van der Waals surface area (Å²) < 4.78 is 26.7. The van der Waals surface area contributed by atoms with Crippen LogP contribution in [-0.4, -0.2) is 38.8 Å². The molecule has 4 N–H and O–H groups in total. The molecule has 2 atom stereocenters. The highest BCUT2D eigenvalue weighted by atomic mass is 32.2.